The van der Waals surface area contributed by atoms with Crippen LogP contribution in [-0.4, -0.2) is 13.7 Å². The maximum absolute atomic E-state index is 13.4. The standard InChI is InChI=1S/C16H15ClFNO2/c1-19-14-9-21-15-7-11(5-6-12(14)15)20-8-10-3-2-4-13(18)16(10)17/h2-7,14,19H,8-9H2,1H3. The van der Waals surface area contributed by atoms with Gasteiger partial charge in [0.15, 0.2) is 0 Å². The van der Waals surface area contributed by atoms with Crippen molar-refractivity contribution in [1.29, 1.82) is 0 Å². The second kappa shape index (κ2) is 5.92. The van der Waals surface area contributed by atoms with E-state index in [4.69, 9.17) is 21.1 Å². The number of hydrogen-bond acceptors (Lipinski definition) is 3. The van der Waals surface area contributed by atoms with Crippen LogP contribution in [0, 0.1) is 5.82 Å². The molecule has 0 aromatic heterocycles. The molecule has 3 nitrogen and oxygen atoms in total. The highest BCUT2D eigenvalue weighted by Gasteiger charge is 2.22. The van der Waals surface area contributed by atoms with Crippen molar-refractivity contribution >= 4 is 11.6 Å². The van der Waals surface area contributed by atoms with Crippen LogP contribution in [0.3, 0.4) is 0 Å². The van der Waals surface area contributed by atoms with E-state index in [9.17, 15) is 4.39 Å². The summed E-state index contributed by atoms with van der Waals surface area (Å²) in [5.41, 5.74) is 1.74. The summed E-state index contributed by atoms with van der Waals surface area (Å²) in [5.74, 6) is 1.05. The Kier molecular flexibility index (Phi) is 3.99. The zero-order valence-corrected chi connectivity index (χ0v) is 12.3. The highest BCUT2D eigenvalue weighted by atomic mass is 35.5. The number of hydrogen-bond donors (Lipinski definition) is 1. The Labute approximate surface area is 127 Å². The van der Waals surface area contributed by atoms with E-state index in [0.29, 0.717) is 17.9 Å². The second-order valence-corrected chi connectivity index (χ2v) is 5.23. The Morgan fingerprint density at radius 1 is 1.38 bits per heavy atom. The molecule has 2 aromatic rings. The van der Waals surface area contributed by atoms with Gasteiger partial charge in [-0.2, -0.15) is 0 Å². The van der Waals surface area contributed by atoms with Gasteiger partial charge in [-0.15, -0.1) is 0 Å². The van der Waals surface area contributed by atoms with Crippen molar-refractivity contribution in [2.45, 2.75) is 12.6 Å². The van der Waals surface area contributed by atoms with Gasteiger partial charge in [-0.3, -0.25) is 0 Å². The summed E-state index contributed by atoms with van der Waals surface area (Å²) in [7, 11) is 1.90. The van der Waals surface area contributed by atoms with Crippen LogP contribution in [0.1, 0.15) is 17.2 Å². The molecule has 0 bridgehead atoms. The summed E-state index contributed by atoms with van der Waals surface area (Å²) < 4.78 is 24.6. The van der Waals surface area contributed by atoms with Gasteiger partial charge in [0.2, 0.25) is 0 Å². The molecule has 1 aliphatic rings. The van der Waals surface area contributed by atoms with E-state index < -0.39 is 5.82 Å². The molecule has 1 atom stereocenters. The van der Waals surface area contributed by atoms with E-state index in [1.807, 2.05) is 25.2 Å². The van der Waals surface area contributed by atoms with Crippen LogP contribution < -0.4 is 14.8 Å². The molecule has 0 fully saturated rings. The van der Waals surface area contributed by atoms with Crippen LogP contribution in [0.25, 0.3) is 0 Å². The van der Waals surface area contributed by atoms with Gasteiger partial charge in [0.25, 0.3) is 0 Å². The fourth-order valence-corrected chi connectivity index (χ4v) is 2.52. The first-order chi connectivity index (χ1) is 10.2. The zero-order chi connectivity index (χ0) is 14.8. The van der Waals surface area contributed by atoms with Gasteiger partial charge < -0.3 is 14.8 Å². The van der Waals surface area contributed by atoms with Crippen LogP contribution in [0.5, 0.6) is 11.5 Å². The fourth-order valence-electron chi connectivity index (χ4n) is 2.34. The summed E-state index contributed by atoms with van der Waals surface area (Å²) in [4.78, 5) is 0. The quantitative estimate of drug-likeness (QED) is 0.934. The molecule has 1 unspecified atom stereocenters. The van der Waals surface area contributed by atoms with E-state index in [-0.39, 0.29) is 17.7 Å². The van der Waals surface area contributed by atoms with Crippen LogP contribution in [-0.2, 0) is 6.61 Å². The third kappa shape index (κ3) is 2.82. The van der Waals surface area contributed by atoms with Crippen molar-refractivity contribution in [1.82, 2.24) is 5.32 Å². The predicted octanol–water partition coefficient (Wildman–Crippen LogP) is 3.71. The average Bonchev–Trinajstić information content (AvgIpc) is 2.91. The molecule has 2 aromatic carbocycles. The number of nitrogens with one attached hydrogen (secondary N) is 1. The van der Waals surface area contributed by atoms with Gasteiger partial charge in [-0.05, 0) is 25.2 Å². The van der Waals surface area contributed by atoms with Gasteiger partial charge in [0.05, 0.1) is 11.1 Å². The van der Waals surface area contributed by atoms with E-state index in [0.717, 1.165) is 11.3 Å². The molecule has 1 heterocycles. The highest BCUT2D eigenvalue weighted by Crippen LogP contribution is 2.35. The van der Waals surface area contributed by atoms with Crippen molar-refractivity contribution in [3.63, 3.8) is 0 Å². The predicted molar refractivity (Wildman–Crippen MR) is 79.5 cm³/mol. The Balaban J connectivity index is 1.73. The summed E-state index contributed by atoms with van der Waals surface area (Å²) >= 11 is 5.90. The first-order valence-electron chi connectivity index (χ1n) is 6.68. The summed E-state index contributed by atoms with van der Waals surface area (Å²) in [6, 6.07) is 10.6. The number of rotatable bonds is 4. The number of ether oxygens (including phenoxy) is 2. The zero-order valence-electron chi connectivity index (χ0n) is 11.5. The monoisotopic (exact) mass is 307 g/mol. The topological polar surface area (TPSA) is 30.5 Å². The van der Waals surface area contributed by atoms with Crippen LogP contribution in [0.15, 0.2) is 36.4 Å². The molecule has 0 amide bonds. The minimum Gasteiger partial charge on any atom is -0.491 e. The largest absolute Gasteiger partial charge is 0.491 e. The Morgan fingerprint density at radius 2 is 2.24 bits per heavy atom. The molecule has 0 radical (unpaired) electrons. The maximum atomic E-state index is 13.4. The van der Waals surface area contributed by atoms with Gasteiger partial charge in [0, 0.05) is 17.2 Å². The second-order valence-electron chi connectivity index (χ2n) is 4.85. The molecule has 3 rings (SSSR count). The fraction of sp³-hybridized carbons (Fsp3) is 0.250. The molecule has 1 aliphatic heterocycles. The van der Waals surface area contributed by atoms with E-state index in [1.54, 1.807) is 12.1 Å². The van der Waals surface area contributed by atoms with E-state index in [1.165, 1.54) is 6.07 Å². The lowest BCUT2D eigenvalue weighted by Gasteiger charge is -2.10. The minimum absolute atomic E-state index is 0.102. The first kappa shape index (κ1) is 14.2. The summed E-state index contributed by atoms with van der Waals surface area (Å²) in [6.45, 7) is 0.829. The molecular weight excluding hydrogens is 293 g/mol. The number of halogens is 2. The van der Waals surface area contributed by atoms with Gasteiger partial charge >= 0.3 is 0 Å². The number of fused-ring (bicyclic) bond motifs is 1. The van der Waals surface area contributed by atoms with Crippen LogP contribution in [0.2, 0.25) is 5.02 Å². The molecule has 21 heavy (non-hydrogen) atoms. The van der Waals surface area contributed by atoms with Crippen molar-refractivity contribution < 1.29 is 13.9 Å². The van der Waals surface area contributed by atoms with Crippen LogP contribution >= 0.6 is 11.6 Å². The molecule has 0 aliphatic carbocycles. The lowest BCUT2D eigenvalue weighted by atomic mass is 10.1. The smallest absolute Gasteiger partial charge is 0.142 e. The molecule has 0 saturated carbocycles. The van der Waals surface area contributed by atoms with E-state index in [2.05, 4.69) is 5.32 Å². The molecule has 0 spiro atoms. The third-order valence-corrected chi connectivity index (χ3v) is 3.96. The van der Waals surface area contributed by atoms with Crippen molar-refractivity contribution in [2.24, 2.45) is 0 Å². The lowest BCUT2D eigenvalue weighted by Crippen LogP contribution is -2.17. The number of likely N-dealkylation sites (N-methyl/N-ethyl adjacent to an activating group) is 1. The molecule has 110 valence electrons. The maximum Gasteiger partial charge on any atom is 0.142 e. The summed E-state index contributed by atoms with van der Waals surface area (Å²) in [5, 5.41) is 3.29. The molecule has 1 N–H and O–H groups in total. The Morgan fingerprint density at radius 3 is 3.05 bits per heavy atom. The van der Waals surface area contributed by atoms with Crippen molar-refractivity contribution in [3.8, 4) is 11.5 Å². The average molecular weight is 308 g/mol. The van der Waals surface area contributed by atoms with E-state index >= 15 is 0 Å². The van der Waals surface area contributed by atoms with Crippen molar-refractivity contribution in [2.75, 3.05) is 13.7 Å². The normalized spacial score (nSPS) is 16.4. The Hall–Kier alpha value is -1.78. The third-order valence-electron chi connectivity index (χ3n) is 3.54. The minimum atomic E-state index is -0.438. The van der Waals surface area contributed by atoms with Gasteiger partial charge in [-0.25, -0.2) is 4.39 Å². The molecule has 5 heteroatoms. The number of benzene rings is 2. The highest BCUT2D eigenvalue weighted by molar-refractivity contribution is 6.31. The Bertz CT molecular complexity index is 663. The first-order valence-corrected chi connectivity index (χ1v) is 7.06. The van der Waals surface area contributed by atoms with Gasteiger partial charge in [-0.1, -0.05) is 23.7 Å². The summed E-state index contributed by atoms with van der Waals surface area (Å²) in [6.07, 6.45) is 0. The van der Waals surface area contributed by atoms with Gasteiger partial charge in [0.1, 0.15) is 30.5 Å². The molecule has 0 saturated heterocycles. The lowest BCUT2D eigenvalue weighted by molar-refractivity contribution is 0.298. The van der Waals surface area contributed by atoms with Crippen molar-refractivity contribution in [3.05, 3.63) is 58.4 Å². The van der Waals surface area contributed by atoms with Crippen LogP contribution in [0.4, 0.5) is 4.39 Å². The molecular formula is C16H15ClFNO2. The SMILES string of the molecule is CNC1COc2cc(OCc3cccc(F)c3Cl)ccc21.